The van der Waals surface area contributed by atoms with E-state index in [4.69, 9.17) is 4.74 Å². The number of fused-ring (bicyclic) bond motifs is 1. The summed E-state index contributed by atoms with van der Waals surface area (Å²) in [5.74, 6) is -0.0275. The first kappa shape index (κ1) is 16.0. The molecule has 1 aliphatic heterocycles. The third-order valence-electron chi connectivity index (χ3n) is 4.23. The molecule has 1 unspecified atom stereocenters. The highest BCUT2D eigenvalue weighted by Gasteiger charge is 2.30. The summed E-state index contributed by atoms with van der Waals surface area (Å²) in [5, 5.41) is 2.80. The van der Waals surface area contributed by atoms with Gasteiger partial charge in [-0.3, -0.25) is 9.36 Å². The number of pyridine rings is 1. The fourth-order valence-electron chi connectivity index (χ4n) is 2.85. The van der Waals surface area contributed by atoms with Gasteiger partial charge in [0.05, 0.1) is 5.56 Å². The number of carbonyl (C=O) groups excluding carboxylic acids is 2. The van der Waals surface area contributed by atoms with Crippen LogP contribution >= 0.6 is 0 Å². The van der Waals surface area contributed by atoms with Crippen molar-refractivity contribution < 1.29 is 14.3 Å². The molecule has 130 valence electrons. The first-order valence-corrected chi connectivity index (χ1v) is 8.20. The van der Waals surface area contributed by atoms with Crippen molar-refractivity contribution in [3.05, 3.63) is 78.0 Å². The summed E-state index contributed by atoms with van der Waals surface area (Å²) < 4.78 is 7.05. The van der Waals surface area contributed by atoms with Crippen LogP contribution in [-0.4, -0.2) is 32.5 Å². The number of cyclic esters (lactones) is 1. The van der Waals surface area contributed by atoms with Gasteiger partial charge in [-0.15, -0.1) is 0 Å². The SMILES string of the molecule is O=C1OC(C(=O)NCc2ccc(-n3ccnc3)nc2)Cc2ccccc21. The molecule has 0 saturated carbocycles. The molecule has 3 aromatic rings. The molecule has 1 atom stereocenters. The number of benzene rings is 1. The second-order valence-corrected chi connectivity index (χ2v) is 5.97. The first-order chi connectivity index (χ1) is 12.7. The van der Waals surface area contributed by atoms with Crippen molar-refractivity contribution in [1.82, 2.24) is 19.9 Å². The van der Waals surface area contributed by atoms with Crippen molar-refractivity contribution in [2.24, 2.45) is 0 Å². The lowest BCUT2D eigenvalue weighted by Crippen LogP contribution is -2.41. The van der Waals surface area contributed by atoms with Crippen LogP contribution in [-0.2, 0) is 22.5 Å². The van der Waals surface area contributed by atoms with Crippen LogP contribution in [0.3, 0.4) is 0 Å². The van der Waals surface area contributed by atoms with Crippen molar-refractivity contribution in [3.8, 4) is 5.82 Å². The second kappa shape index (κ2) is 6.79. The number of carbonyl (C=O) groups is 2. The van der Waals surface area contributed by atoms with Gasteiger partial charge in [0.25, 0.3) is 5.91 Å². The number of hydrogen-bond acceptors (Lipinski definition) is 5. The lowest BCUT2D eigenvalue weighted by Gasteiger charge is -2.23. The van der Waals surface area contributed by atoms with E-state index in [0.717, 1.165) is 16.9 Å². The Morgan fingerprint density at radius 1 is 1.27 bits per heavy atom. The third-order valence-corrected chi connectivity index (χ3v) is 4.23. The molecule has 1 aromatic carbocycles. The number of aromatic nitrogens is 3. The molecule has 1 amide bonds. The minimum Gasteiger partial charge on any atom is -0.448 e. The minimum absolute atomic E-state index is 0.311. The molecule has 1 N–H and O–H groups in total. The number of amides is 1. The number of nitrogens with one attached hydrogen (secondary N) is 1. The van der Waals surface area contributed by atoms with Crippen LogP contribution in [0.2, 0.25) is 0 Å². The molecule has 4 rings (SSSR count). The summed E-state index contributed by atoms with van der Waals surface area (Å²) in [6, 6.07) is 10.9. The van der Waals surface area contributed by atoms with Gasteiger partial charge in [-0.25, -0.2) is 14.8 Å². The summed E-state index contributed by atoms with van der Waals surface area (Å²) in [6.07, 6.45) is 6.41. The number of nitrogens with zero attached hydrogens (tertiary/aromatic N) is 3. The Bertz CT molecular complexity index is 936. The van der Waals surface area contributed by atoms with Gasteiger partial charge in [-0.05, 0) is 23.3 Å². The summed E-state index contributed by atoms with van der Waals surface area (Å²) in [7, 11) is 0. The average Bonchev–Trinajstić information content (AvgIpc) is 3.21. The zero-order valence-corrected chi connectivity index (χ0v) is 13.8. The summed E-state index contributed by atoms with van der Waals surface area (Å²) >= 11 is 0. The van der Waals surface area contributed by atoms with E-state index in [1.807, 2.05) is 24.3 Å². The van der Waals surface area contributed by atoms with Crippen molar-refractivity contribution in [1.29, 1.82) is 0 Å². The van der Waals surface area contributed by atoms with Gasteiger partial charge in [-0.1, -0.05) is 24.3 Å². The van der Waals surface area contributed by atoms with E-state index in [2.05, 4.69) is 15.3 Å². The zero-order valence-electron chi connectivity index (χ0n) is 13.8. The van der Waals surface area contributed by atoms with Gasteiger partial charge in [-0.2, -0.15) is 0 Å². The number of ether oxygens (including phenoxy) is 1. The van der Waals surface area contributed by atoms with Crippen LogP contribution in [0.25, 0.3) is 5.82 Å². The smallest absolute Gasteiger partial charge is 0.339 e. The fourth-order valence-corrected chi connectivity index (χ4v) is 2.85. The molecule has 0 saturated heterocycles. The largest absolute Gasteiger partial charge is 0.448 e. The fraction of sp³-hybridized carbons (Fsp3) is 0.158. The average molecular weight is 348 g/mol. The molecule has 0 aliphatic carbocycles. The second-order valence-electron chi connectivity index (χ2n) is 5.97. The summed E-state index contributed by atoms with van der Waals surface area (Å²) in [5.41, 5.74) is 2.20. The predicted octanol–water partition coefficient (Wildman–Crippen LogP) is 1.67. The van der Waals surface area contributed by atoms with Crippen LogP contribution < -0.4 is 5.32 Å². The summed E-state index contributed by atoms with van der Waals surface area (Å²) in [6.45, 7) is 0.311. The number of rotatable bonds is 4. The molecule has 3 heterocycles. The van der Waals surface area contributed by atoms with Crippen molar-refractivity contribution >= 4 is 11.9 Å². The Balaban J connectivity index is 1.38. The maximum absolute atomic E-state index is 12.4. The van der Waals surface area contributed by atoms with Gasteiger partial charge in [0, 0.05) is 31.6 Å². The lowest BCUT2D eigenvalue weighted by molar-refractivity contribution is -0.130. The molecule has 0 bridgehead atoms. The van der Waals surface area contributed by atoms with E-state index in [1.54, 1.807) is 41.6 Å². The molecule has 0 fully saturated rings. The van der Waals surface area contributed by atoms with E-state index >= 15 is 0 Å². The Morgan fingerprint density at radius 2 is 2.15 bits per heavy atom. The van der Waals surface area contributed by atoms with Crippen molar-refractivity contribution in [2.45, 2.75) is 19.1 Å². The molecule has 0 spiro atoms. The van der Waals surface area contributed by atoms with Gasteiger partial charge >= 0.3 is 5.97 Å². The highest BCUT2D eigenvalue weighted by atomic mass is 16.5. The van der Waals surface area contributed by atoms with Gasteiger partial charge in [0.15, 0.2) is 6.10 Å². The normalized spacial score (nSPS) is 15.8. The van der Waals surface area contributed by atoms with E-state index in [-0.39, 0.29) is 5.91 Å². The Kier molecular flexibility index (Phi) is 4.18. The van der Waals surface area contributed by atoms with Crippen LogP contribution in [0.1, 0.15) is 21.5 Å². The molecular weight excluding hydrogens is 332 g/mol. The number of hydrogen-bond donors (Lipinski definition) is 1. The van der Waals surface area contributed by atoms with Gasteiger partial charge < -0.3 is 10.1 Å². The minimum atomic E-state index is -0.810. The Morgan fingerprint density at radius 3 is 2.92 bits per heavy atom. The van der Waals surface area contributed by atoms with Crippen molar-refractivity contribution in [3.63, 3.8) is 0 Å². The molecule has 2 aromatic heterocycles. The summed E-state index contributed by atoms with van der Waals surface area (Å²) in [4.78, 5) is 32.7. The van der Waals surface area contributed by atoms with Crippen LogP contribution in [0.5, 0.6) is 0 Å². The first-order valence-electron chi connectivity index (χ1n) is 8.20. The maximum atomic E-state index is 12.4. The maximum Gasteiger partial charge on any atom is 0.339 e. The van der Waals surface area contributed by atoms with Crippen molar-refractivity contribution in [2.75, 3.05) is 0 Å². The monoisotopic (exact) mass is 348 g/mol. The molecular formula is C19H16N4O3. The van der Waals surface area contributed by atoms with E-state index in [1.165, 1.54) is 0 Å². The lowest BCUT2D eigenvalue weighted by atomic mass is 9.98. The highest BCUT2D eigenvalue weighted by molar-refractivity contribution is 5.95. The molecule has 7 nitrogen and oxygen atoms in total. The third kappa shape index (κ3) is 3.19. The van der Waals surface area contributed by atoms with Crippen LogP contribution in [0.4, 0.5) is 0 Å². The molecule has 7 heteroatoms. The highest BCUT2D eigenvalue weighted by Crippen LogP contribution is 2.20. The molecule has 26 heavy (non-hydrogen) atoms. The Labute approximate surface area is 149 Å². The van der Waals surface area contributed by atoms with Crippen LogP contribution in [0.15, 0.2) is 61.3 Å². The number of esters is 1. The topological polar surface area (TPSA) is 86.1 Å². The van der Waals surface area contributed by atoms with E-state index < -0.39 is 12.1 Å². The van der Waals surface area contributed by atoms with E-state index in [9.17, 15) is 9.59 Å². The quantitative estimate of drug-likeness (QED) is 0.725. The van der Waals surface area contributed by atoms with E-state index in [0.29, 0.717) is 18.5 Å². The zero-order chi connectivity index (χ0) is 17.9. The standard InChI is InChI=1S/C19H16N4O3/c24-18(16-9-14-3-1-2-4-15(14)19(25)26-16)22-11-13-5-6-17(21-10-13)23-8-7-20-12-23/h1-8,10,12,16H,9,11H2,(H,22,24). The molecule has 1 aliphatic rings. The Hall–Kier alpha value is -3.48. The predicted molar refractivity (Wildman–Crippen MR) is 92.6 cm³/mol. The molecule has 0 radical (unpaired) electrons. The van der Waals surface area contributed by atoms with Gasteiger partial charge in [0.1, 0.15) is 12.1 Å². The van der Waals surface area contributed by atoms with Crippen LogP contribution in [0, 0.1) is 0 Å². The van der Waals surface area contributed by atoms with Gasteiger partial charge in [0.2, 0.25) is 0 Å². The number of imidazole rings is 1.